The molecule has 27 heavy (non-hydrogen) atoms. The van der Waals surface area contributed by atoms with Crippen molar-refractivity contribution < 1.29 is 27.2 Å². The minimum Gasteiger partial charge on any atom is -0.366 e. The van der Waals surface area contributed by atoms with E-state index >= 15 is 0 Å². The summed E-state index contributed by atoms with van der Waals surface area (Å²) in [5.41, 5.74) is 4.03. The molecule has 3 N–H and O–H groups in total. The molecule has 0 fully saturated rings. The molecule has 1 heterocycles. The normalized spacial score (nSPS) is 10.9. The van der Waals surface area contributed by atoms with Crippen molar-refractivity contribution in [3.05, 3.63) is 46.3 Å². The summed E-state index contributed by atoms with van der Waals surface area (Å²) in [6, 6.07) is 5.02. The fourth-order valence-corrected chi connectivity index (χ4v) is 2.39. The van der Waals surface area contributed by atoms with Crippen LogP contribution in [0.5, 0.6) is 0 Å². The highest BCUT2D eigenvalue weighted by Crippen LogP contribution is 2.25. The number of carbonyl (C=O) groups is 2. The summed E-state index contributed by atoms with van der Waals surface area (Å²) in [4.78, 5) is 24.1. The van der Waals surface area contributed by atoms with Crippen molar-refractivity contribution in [2.45, 2.75) is 26.3 Å². The van der Waals surface area contributed by atoms with Crippen LogP contribution in [0, 0.1) is 18.3 Å². The Morgan fingerprint density at radius 1 is 1.30 bits per heavy atom. The summed E-state index contributed by atoms with van der Waals surface area (Å²) in [7, 11) is 0. The van der Waals surface area contributed by atoms with Crippen molar-refractivity contribution in [3.63, 3.8) is 0 Å². The van der Waals surface area contributed by atoms with Gasteiger partial charge in [-0.1, -0.05) is 0 Å². The molecular formula is C16H13F4N5O2. The van der Waals surface area contributed by atoms with Crippen molar-refractivity contribution in [3.8, 4) is 6.07 Å². The molecular weight excluding hydrogens is 370 g/mol. The summed E-state index contributed by atoms with van der Waals surface area (Å²) < 4.78 is 51.4. The number of halogens is 4. The average Bonchev–Trinajstić information content (AvgIpc) is 2.99. The van der Waals surface area contributed by atoms with E-state index in [1.165, 1.54) is 13.0 Å². The Morgan fingerprint density at radius 2 is 1.96 bits per heavy atom. The molecule has 0 spiro atoms. The van der Waals surface area contributed by atoms with E-state index in [1.54, 1.807) is 0 Å². The number of rotatable bonds is 6. The number of carbonyl (C=O) groups excluding carboxylic acids is 2. The van der Waals surface area contributed by atoms with Crippen LogP contribution >= 0.6 is 0 Å². The van der Waals surface area contributed by atoms with Gasteiger partial charge in [-0.3, -0.25) is 14.3 Å². The second-order valence-electron chi connectivity index (χ2n) is 5.47. The molecule has 2 aromatic rings. The van der Waals surface area contributed by atoms with Crippen LogP contribution < -0.4 is 11.1 Å². The van der Waals surface area contributed by atoms with Gasteiger partial charge in [0, 0.05) is 0 Å². The summed E-state index contributed by atoms with van der Waals surface area (Å²) in [6.45, 7) is 0.411. The first kappa shape index (κ1) is 19.9. The third-order valence-corrected chi connectivity index (χ3v) is 3.53. The number of nitrogens with two attached hydrogens (primary N) is 1. The standard InChI is InChI=1S/C16H13F4N5O2/c1-7-2-8(5-21)3-9(15(22)26)13(7)23-16(27)11-4-10(14(19)20)24-25(11)6-12(17)18/h2-4,12,14H,6H2,1H3,(H2,22,26)(H,23,27). The minimum absolute atomic E-state index is 0.0603. The van der Waals surface area contributed by atoms with E-state index in [-0.39, 0.29) is 16.8 Å². The zero-order chi connectivity index (χ0) is 20.3. The van der Waals surface area contributed by atoms with Gasteiger partial charge < -0.3 is 11.1 Å². The van der Waals surface area contributed by atoms with Crippen molar-refractivity contribution in [1.82, 2.24) is 9.78 Å². The zero-order valence-electron chi connectivity index (χ0n) is 13.8. The molecule has 0 saturated heterocycles. The molecule has 0 unspecified atom stereocenters. The zero-order valence-corrected chi connectivity index (χ0v) is 13.8. The van der Waals surface area contributed by atoms with E-state index in [0.717, 1.165) is 6.07 Å². The van der Waals surface area contributed by atoms with Crippen LogP contribution in [0.2, 0.25) is 0 Å². The van der Waals surface area contributed by atoms with Crippen molar-refractivity contribution in [2.24, 2.45) is 5.73 Å². The third-order valence-electron chi connectivity index (χ3n) is 3.53. The number of aromatic nitrogens is 2. The van der Waals surface area contributed by atoms with Gasteiger partial charge in [0.1, 0.15) is 17.9 Å². The number of amides is 2. The van der Waals surface area contributed by atoms with Crippen molar-refractivity contribution in [1.29, 1.82) is 5.26 Å². The fraction of sp³-hybridized carbons (Fsp3) is 0.250. The van der Waals surface area contributed by atoms with E-state index in [2.05, 4.69) is 10.4 Å². The van der Waals surface area contributed by atoms with Crippen LogP contribution in [0.4, 0.5) is 23.2 Å². The van der Waals surface area contributed by atoms with E-state index in [0.29, 0.717) is 16.3 Å². The van der Waals surface area contributed by atoms with E-state index in [1.807, 2.05) is 6.07 Å². The van der Waals surface area contributed by atoms with Crippen LogP contribution in [0.15, 0.2) is 18.2 Å². The minimum atomic E-state index is -3.06. The number of benzene rings is 1. The lowest BCUT2D eigenvalue weighted by Crippen LogP contribution is -2.23. The Kier molecular flexibility index (Phi) is 5.79. The molecule has 0 bridgehead atoms. The largest absolute Gasteiger partial charge is 0.366 e. The second kappa shape index (κ2) is 7.86. The van der Waals surface area contributed by atoms with Crippen LogP contribution in [-0.4, -0.2) is 28.0 Å². The van der Waals surface area contributed by atoms with Gasteiger partial charge in [0.2, 0.25) is 0 Å². The van der Waals surface area contributed by atoms with Crippen LogP contribution in [0.25, 0.3) is 0 Å². The summed E-state index contributed by atoms with van der Waals surface area (Å²) in [5.74, 6) is -1.98. The number of nitriles is 1. The molecule has 0 saturated carbocycles. The second-order valence-corrected chi connectivity index (χ2v) is 5.47. The van der Waals surface area contributed by atoms with Gasteiger partial charge in [0.15, 0.2) is 0 Å². The molecule has 2 amide bonds. The number of anilines is 1. The maximum atomic E-state index is 12.8. The van der Waals surface area contributed by atoms with Crippen molar-refractivity contribution >= 4 is 17.5 Å². The Balaban J connectivity index is 2.46. The smallest absolute Gasteiger partial charge is 0.282 e. The molecule has 0 aliphatic rings. The average molecular weight is 383 g/mol. The molecule has 0 aliphatic heterocycles. The van der Waals surface area contributed by atoms with E-state index < -0.39 is 42.6 Å². The Bertz CT molecular complexity index is 934. The van der Waals surface area contributed by atoms with Gasteiger partial charge in [-0.25, -0.2) is 17.6 Å². The first-order valence-corrected chi connectivity index (χ1v) is 7.44. The monoisotopic (exact) mass is 383 g/mol. The lowest BCUT2D eigenvalue weighted by Gasteiger charge is -2.13. The number of nitrogens with zero attached hydrogens (tertiary/aromatic N) is 3. The number of alkyl halides is 4. The highest BCUT2D eigenvalue weighted by molar-refractivity contribution is 6.08. The van der Waals surface area contributed by atoms with Crippen LogP contribution in [0.1, 0.15) is 44.1 Å². The maximum absolute atomic E-state index is 12.8. The number of primary amides is 1. The Morgan fingerprint density at radius 3 is 2.48 bits per heavy atom. The predicted octanol–water partition coefficient (Wildman–Crippen LogP) is 2.62. The Labute approximate surface area is 150 Å². The molecule has 7 nitrogen and oxygen atoms in total. The van der Waals surface area contributed by atoms with Crippen molar-refractivity contribution in [2.75, 3.05) is 5.32 Å². The highest BCUT2D eigenvalue weighted by atomic mass is 19.3. The number of hydrogen-bond acceptors (Lipinski definition) is 4. The SMILES string of the molecule is Cc1cc(C#N)cc(C(N)=O)c1NC(=O)c1cc(C(F)F)nn1CC(F)F. The number of hydrogen-bond donors (Lipinski definition) is 2. The molecule has 0 radical (unpaired) electrons. The highest BCUT2D eigenvalue weighted by Gasteiger charge is 2.24. The quantitative estimate of drug-likeness (QED) is 0.747. The van der Waals surface area contributed by atoms with E-state index in [9.17, 15) is 27.2 Å². The lowest BCUT2D eigenvalue weighted by atomic mass is 10.0. The number of aryl methyl sites for hydroxylation is 1. The third kappa shape index (κ3) is 4.41. The lowest BCUT2D eigenvalue weighted by molar-refractivity contribution is 0.0985. The molecule has 11 heteroatoms. The van der Waals surface area contributed by atoms with Crippen LogP contribution in [0.3, 0.4) is 0 Å². The van der Waals surface area contributed by atoms with Gasteiger partial charge in [0.05, 0.1) is 22.9 Å². The first-order chi connectivity index (χ1) is 12.6. The van der Waals surface area contributed by atoms with Gasteiger partial charge in [-0.05, 0) is 30.7 Å². The topological polar surface area (TPSA) is 114 Å². The number of nitrogens with one attached hydrogen (secondary N) is 1. The maximum Gasteiger partial charge on any atom is 0.282 e. The Hall–Kier alpha value is -3.42. The van der Waals surface area contributed by atoms with Crippen LogP contribution in [-0.2, 0) is 6.54 Å². The summed E-state index contributed by atoms with van der Waals surface area (Å²) in [6.07, 6.45) is -5.99. The van der Waals surface area contributed by atoms with Gasteiger partial charge in [0.25, 0.3) is 24.7 Å². The van der Waals surface area contributed by atoms with Gasteiger partial charge in [-0.15, -0.1) is 0 Å². The molecule has 0 aliphatic carbocycles. The molecule has 142 valence electrons. The molecule has 1 aromatic heterocycles. The molecule has 0 atom stereocenters. The molecule has 1 aromatic carbocycles. The first-order valence-electron chi connectivity index (χ1n) is 7.44. The van der Waals surface area contributed by atoms with Gasteiger partial charge >= 0.3 is 0 Å². The van der Waals surface area contributed by atoms with E-state index in [4.69, 9.17) is 11.0 Å². The fourth-order valence-electron chi connectivity index (χ4n) is 2.39. The molecule has 2 rings (SSSR count). The van der Waals surface area contributed by atoms with Gasteiger partial charge in [-0.2, -0.15) is 10.4 Å². The summed E-state index contributed by atoms with van der Waals surface area (Å²) >= 11 is 0. The summed E-state index contributed by atoms with van der Waals surface area (Å²) in [5, 5.41) is 14.6. The predicted molar refractivity (Wildman–Crippen MR) is 85.6 cm³/mol.